The minimum atomic E-state index is -4.02. The number of aromatic nitrogens is 2. The number of nitrogens with zero attached hydrogens (tertiary/aromatic N) is 4. The van der Waals surface area contributed by atoms with Gasteiger partial charge in [0.1, 0.15) is 17.6 Å². The van der Waals surface area contributed by atoms with Gasteiger partial charge in [0.15, 0.2) is 0 Å². The Kier molecular flexibility index (Phi) is 9.32. The Hall–Kier alpha value is -4.33. The molecule has 0 aliphatic rings. The van der Waals surface area contributed by atoms with Crippen molar-refractivity contribution in [3.63, 3.8) is 0 Å². The molecule has 2 aromatic heterocycles. The lowest BCUT2D eigenvalue weighted by Gasteiger charge is -2.23. The van der Waals surface area contributed by atoms with E-state index < -0.39 is 20.9 Å². The van der Waals surface area contributed by atoms with Crippen LogP contribution in [0.2, 0.25) is 5.02 Å². The van der Waals surface area contributed by atoms with Crippen LogP contribution in [0.4, 0.5) is 17.1 Å². The molecule has 14 heteroatoms. The van der Waals surface area contributed by atoms with Gasteiger partial charge in [-0.25, -0.2) is 8.42 Å². The topological polar surface area (TPSA) is 157 Å². The summed E-state index contributed by atoms with van der Waals surface area (Å²) >= 11 is 6.19. The van der Waals surface area contributed by atoms with E-state index in [0.29, 0.717) is 10.8 Å². The van der Waals surface area contributed by atoms with Gasteiger partial charge in [-0.2, -0.15) is 4.31 Å². The molecule has 0 aliphatic carbocycles. The summed E-state index contributed by atoms with van der Waals surface area (Å²) in [4.78, 5) is 31.6. The fourth-order valence-electron chi connectivity index (χ4n) is 4.12. The van der Waals surface area contributed by atoms with Crippen molar-refractivity contribution < 1.29 is 22.9 Å². The molecule has 0 atom stereocenters. The molecular formula is C27H27ClN6O6S. The number of nitrogens with one attached hydrogen (secondary N) is 2. The Balaban J connectivity index is 1.53. The lowest BCUT2D eigenvalue weighted by atomic mass is 10.1. The van der Waals surface area contributed by atoms with E-state index in [-0.39, 0.29) is 42.3 Å². The number of fused-ring (bicyclic) bond motifs is 1. The summed E-state index contributed by atoms with van der Waals surface area (Å²) in [7, 11) is -2.54. The normalized spacial score (nSPS) is 11.4. The molecule has 41 heavy (non-hydrogen) atoms. The highest BCUT2D eigenvalue weighted by molar-refractivity contribution is 7.89. The van der Waals surface area contributed by atoms with Crippen LogP contribution in [0.5, 0.6) is 5.75 Å². The van der Waals surface area contributed by atoms with Crippen molar-refractivity contribution in [2.75, 3.05) is 37.4 Å². The first-order valence-electron chi connectivity index (χ1n) is 12.4. The summed E-state index contributed by atoms with van der Waals surface area (Å²) in [5, 5.41) is 18.3. The number of carbonyl (C=O) groups excluding carboxylic acids is 1. The summed E-state index contributed by atoms with van der Waals surface area (Å²) in [6, 6.07) is 14.4. The number of pyridine rings is 2. The third kappa shape index (κ3) is 7.25. The van der Waals surface area contributed by atoms with E-state index in [9.17, 15) is 23.3 Å². The molecule has 0 aliphatic heterocycles. The highest BCUT2D eigenvalue weighted by Gasteiger charge is 2.25. The van der Waals surface area contributed by atoms with Gasteiger partial charge in [0, 0.05) is 54.0 Å². The van der Waals surface area contributed by atoms with E-state index >= 15 is 0 Å². The van der Waals surface area contributed by atoms with Crippen LogP contribution in [-0.2, 0) is 14.8 Å². The molecular weight excluding hydrogens is 572 g/mol. The smallest absolute Gasteiger partial charge is 0.310 e. The molecule has 0 saturated carbocycles. The molecule has 0 fully saturated rings. The van der Waals surface area contributed by atoms with Crippen LogP contribution in [0.3, 0.4) is 0 Å². The maximum Gasteiger partial charge on any atom is 0.310 e. The molecule has 0 unspecified atom stereocenters. The second-order valence-corrected chi connectivity index (χ2v) is 11.3. The molecule has 0 saturated heterocycles. The predicted molar refractivity (Wildman–Crippen MR) is 156 cm³/mol. The molecule has 0 spiro atoms. The van der Waals surface area contributed by atoms with Gasteiger partial charge in [-0.3, -0.25) is 24.9 Å². The number of hydrogen-bond acceptors (Lipinski definition) is 9. The van der Waals surface area contributed by atoms with Crippen LogP contribution in [0.25, 0.3) is 10.9 Å². The lowest BCUT2D eigenvalue weighted by Crippen LogP contribution is -2.37. The molecule has 2 heterocycles. The van der Waals surface area contributed by atoms with Crippen molar-refractivity contribution in [1.29, 1.82) is 0 Å². The van der Waals surface area contributed by atoms with Crippen molar-refractivity contribution >= 4 is 55.5 Å². The van der Waals surface area contributed by atoms with Crippen molar-refractivity contribution in [2.24, 2.45) is 0 Å². The molecule has 2 aromatic carbocycles. The van der Waals surface area contributed by atoms with Gasteiger partial charge in [0.05, 0.1) is 22.4 Å². The van der Waals surface area contributed by atoms with Gasteiger partial charge in [-0.1, -0.05) is 11.6 Å². The van der Waals surface area contributed by atoms with E-state index in [2.05, 4.69) is 20.6 Å². The van der Waals surface area contributed by atoms with E-state index in [1.54, 1.807) is 12.1 Å². The third-order valence-electron chi connectivity index (χ3n) is 6.13. The zero-order valence-corrected chi connectivity index (χ0v) is 23.8. The molecule has 4 aromatic rings. The molecule has 0 bridgehead atoms. The Morgan fingerprint density at radius 1 is 1.10 bits per heavy atom. The minimum absolute atomic E-state index is 0.0144. The number of ether oxygens (including phenoxy) is 1. The van der Waals surface area contributed by atoms with Gasteiger partial charge in [-0.05, 0) is 61.5 Å². The molecule has 12 nitrogen and oxygen atoms in total. The van der Waals surface area contributed by atoms with Gasteiger partial charge >= 0.3 is 5.69 Å². The Morgan fingerprint density at radius 2 is 1.85 bits per heavy atom. The van der Waals surface area contributed by atoms with E-state index in [1.165, 1.54) is 47.9 Å². The maximum absolute atomic E-state index is 13.6. The Morgan fingerprint density at radius 3 is 2.56 bits per heavy atom. The fraction of sp³-hybridized carbons (Fsp3) is 0.222. The number of amides is 1. The number of halogens is 1. The Bertz CT molecular complexity index is 1680. The van der Waals surface area contributed by atoms with Gasteiger partial charge in [0.2, 0.25) is 15.9 Å². The number of anilines is 2. The van der Waals surface area contributed by atoms with Crippen LogP contribution in [-0.4, -0.2) is 60.3 Å². The van der Waals surface area contributed by atoms with Crippen molar-refractivity contribution in [3.05, 3.63) is 87.8 Å². The first-order valence-corrected chi connectivity index (χ1v) is 14.2. The van der Waals surface area contributed by atoms with E-state index in [4.69, 9.17) is 16.3 Å². The van der Waals surface area contributed by atoms with Gasteiger partial charge in [0.25, 0.3) is 0 Å². The average molecular weight is 599 g/mol. The fourth-order valence-corrected chi connectivity index (χ4v) is 5.73. The number of methoxy groups -OCH3 is 1. The number of nitro groups is 1. The van der Waals surface area contributed by atoms with Crippen molar-refractivity contribution in [3.8, 4) is 5.75 Å². The van der Waals surface area contributed by atoms with Crippen molar-refractivity contribution in [2.45, 2.75) is 18.2 Å². The molecule has 4 rings (SSSR count). The average Bonchev–Trinajstić information content (AvgIpc) is 2.95. The lowest BCUT2D eigenvalue weighted by molar-refractivity contribution is -0.384. The van der Waals surface area contributed by atoms with Gasteiger partial charge < -0.3 is 15.4 Å². The van der Waals surface area contributed by atoms with Crippen LogP contribution >= 0.6 is 11.6 Å². The SMILES string of the molecule is COc1ccc(S(=O)(=O)N(CCNc2cc(C)nc3ccc(Cl)cc23)CCC(=O)Nc2ccncc2[N+](=O)[O-])cc1. The summed E-state index contributed by atoms with van der Waals surface area (Å²) in [6.07, 6.45) is 2.09. The molecule has 1 amide bonds. The quantitative estimate of drug-likeness (QED) is 0.175. The highest BCUT2D eigenvalue weighted by atomic mass is 35.5. The first-order chi connectivity index (χ1) is 19.6. The number of rotatable bonds is 12. The molecule has 214 valence electrons. The monoisotopic (exact) mass is 598 g/mol. The summed E-state index contributed by atoms with van der Waals surface area (Å²) in [5.74, 6) is -0.0957. The summed E-state index contributed by atoms with van der Waals surface area (Å²) in [6.45, 7) is 1.90. The van der Waals surface area contributed by atoms with Crippen LogP contribution in [0, 0.1) is 17.0 Å². The number of benzene rings is 2. The minimum Gasteiger partial charge on any atom is -0.497 e. The van der Waals surface area contributed by atoms with E-state index in [1.807, 2.05) is 19.1 Å². The van der Waals surface area contributed by atoms with E-state index in [0.717, 1.165) is 28.5 Å². The van der Waals surface area contributed by atoms with Crippen LogP contribution < -0.4 is 15.4 Å². The number of hydrogen-bond donors (Lipinski definition) is 2. The number of aryl methyl sites for hydroxylation is 1. The first kappa shape index (κ1) is 29.6. The number of carbonyl (C=O) groups is 1. The number of sulfonamides is 1. The van der Waals surface area contributed by atoms with Crippen molar-refractivity contribution in [1.82, 2.24) is 14.3 Å². The largest absolute Gasteiger partial charge is 0.497 e. The van der Waals surface area contributed by atoms with Crippen LogP contribution in [0.15, 0.2) is 71.9 Å². The predicted octanol–water partition coefficient (Wildman–Crippen LogP) is 4.64. The zero-order chi connectivity index (χ0) is 29.6. The Labute approximate surface area is 241 Å². The standard InChI is InChI=1S/C27H27ClN6O6S/c1-18-15-25(22-16-19(28)3-8-23(22)31-18)30-12-14-33(41(38,39)21-6-4-20(40-2)5-7-21)13-10-27(35)32-24-9-11-29-17-26(24)34(36)37/h3-9,11,15-17H,10,12-14H2,1-2H3,(H,30,31)(H,29,32,35). The van der Waals surface area contributed by atoms with Gasteiger partial charge in [-0.15, -0.1) is 0 Å². The molecule has 2 N–H and O–H groups in total. The third-order valence-corrected chi connectivity index (χ3v) is 8.28. The second-order valence-electron chi connectivity index (χ2n) is 8.93. The highest BCUT2D eigenvalue weighted by Crippen LogP contribution is 2.27. The zero-order valence-electron chi connectivity index (χ0n) is 22.2. The second kappa shape index (κ2) is 12.9. The summed E-state index contributed by atoms with van der Waals surface area (Å²) in [5.41, 5.74) is 1.85. The maximum atomic E-state index is 13.6. The summed E-state index contributed by atoms with van der Waals surface area (Å²) < 4.78 is 33.5. The molecule has 0 radical (unpaired) electrons. The van der Waals surface area contributed by atoms with Crippen LogP contribution in [0.1, 0.15) is 12.1 Å².